The lowest BCUT2D eigenvalue weighted by atomic mass is 9.89. The monoisotopic (exact) mass is 712 g/mol. The van der Waals surface area contributed by atoms with Gasteiger partial charge in [-0.1, -0.05) is 66.2 Å². The maximum Gasteiger partial charge on any atom is 0.142 e. The number of likely N-dealkylation sites (tertiary alicyclic amines) is 1. The molecular weight excluding hydrogens is 668 g/mol. The summed E-state index contributed by atoms with van der Waals surface area (Å²) >= 11 is 6.77. The Morgan fingerprint density at radius 2 is 1.65 bits per heavy atom. The van der Waals surface area contributed by atoms with Crippen LogP contribution in [0.3, 0.4) is 0 Å². The van der Waals surface area contributed by atoms with E-state index >= 15 is 0 Å². The molecule has 4 aromatic carbocycles. The molecule has 1 aliphatic heterocycles. The average Bonchev–Trinajstić information content (AvgIpc) is 3.85. The summed E-state index contributed by atoms with van der Waals surface area (Å²) in [5.41, 5.74) is 13.6. The number of aryl methyl sites for hydroxylation is 1. The minimum atomic E-state index is 0.0212. The van der Waals surface area contributed by atoms with Crippen molar-refractivity contribution >= 4 is 11.6 Å². The summed E-state index contributed by atoms with van der Waals surface area (Å²) in [5.74, 6) is 1.11. The standard InChI is InChI=1S/C44H45ClN4O3/c1-29-35(28-52-44-22-43(36(21-41(44)45)26-47-15-18-50)51-27-32-19-31(23-46)24-48-25-32)7-5-9-38(29)39-10-6-8-37(30(39)2)33-11-13-40-34(20-33)12-14-42(40)49-16-3-4-17-49/h5-11,13,19-22,24-25,42,47,50H,3-4,12,14-18,26-28H2,1-2H3. The molecule has 5 aromatic rings. The number of hydrogen-bond acceptors (Lipinski definition) is 7. The zero-order valence-corrected chi connectivity index (χ0v) is 30.7. The lowest BCUT2D eigenvalue weighted by Crippen LogP contribution is -2.23. The second-order valence-corrected chi connectivity index (χ2v) is 14.2. The van der Waals surface area contributed by atoms with E-state index in [4.69, 9.17) is 21.1 Å². The van der Waals surface area contributed by atoms with Crippen molar-refractivity contribution in [2.75, 3.05) is 26.2 Å². The van der Waals surface area contributed by atoms with Crippen LogP contribution in [0, 0.1) is 25.2 Å². The maximum atomic E-state index is 9.28. The number of fused-ring (bicyclic) bond motifs is 1. The van der Waals surface area contributed by atoms with Gasteiger partial charge >= 0.3 is 0 Å². The largest absolute Gasteiger partial charge is 0.488 e. The van der Waals surface area contributed by atoms with E-state index in [1.807, 2.05) is 12.1 Å². The predicted octanol–water partition coefficient (Wildman–Crippen LogP) is 8.88. The zero-order chi connectivity index (χ0) is 36.0. The first-order valence-electron chi connectivity index (χ1n) is 18.2. The first-order chi connectivity index (χ1) is 25.4. The van der Waals surface area contributed by atoms with E-state index in [1.165, 1.54) is 77.5 Å². The number of ether oxygens (including phenoxy) is 2. The van der Waals surface area contributed by atoms with E-state index in [1.54, 1.807) is 12.3 Å². The Morgan fingerprint density at radius 3 is 2.46 bits per heavy atom. The topological polar surface area (TPSA) is 90.6 Å². The van der Waals surface area contributed by atoms with Crippen molar-refractivity contribution in [2.45, 2.75) is 65.3 Å². The van der Waals surface area contributed by atoms with Crippen molar-refractivity contribution in [2.24, 2.45) is 0 Å². The van der Waals surface area contributed by atoms with Crippen molar-refractivity contribution in [3.8, 4) is 39.8 Å². The van der Waals surface area contributed by atoms with Crippen LogP contribution in [-0.4, -0.2) is 41.2 Å². The van der Waals surface area contributed by atoms with Gasteiger partial charge < -0.3 is 19.9 Å². The van der Waals surface area contributed by atoms with Crippen LogP contribution in [0.5, 0.6) is 11.5 Å². The fraction of sp³-hybridized carbons (Fsp3) is 0.318. The third kappa shape index (κ3) is 7.72. The number of nitrogens with zero attached hydrogens (tertiary/aromatic N) is 3. The fourth-order valence-electron chi connectivity index (χ4n) is 7.77. The Hall–Kier alpha value is -4.71. The number of aromatic nitrogens is 1. The van der Waals surface area contributed by atoms with Gasteiger partial charge in [0.25, 0.3) is 0 Å². The van der Waals surface area contributed by atoms with Gasteiger partial charge in [-0.3, -0.25) is 9.88 Å². The Bertz CT molecular complexity index is 2100. The lowest BCUT2D eigenvalue weighted by Gasteiger charge is -2.24. The van der Waals surface area contributed by atoms with Crippen LogP contribution in [0.2, 0.25) is 5.02 Å². The molecule has 1 unspecified atom stereocenters. The molecular formula is C44H45ClN4O3. The number of nitriles is 1. The highest BCUT2D eigenvalue weighted by molar-refractivity contribution is 6.32. The normalized spacial score (nSPS) is 15.4. The van der Waals surface area contributed by atoms with Gasteiger partial charge in [0.05, 0.1) is 17.2 Å². The molecule has 0 amide bonds. The lowest BCUT2D eigenvalue weighted by molar-refractivity contribution is 0.245. The van der Waals surface area contributed by atoms with Gasteiger partial charge in [0, 0.05) is 48.7 Å². The minimum Gasteiger partial charge on any atom is -0.488 e. The number of nitrogens with one attached hydrogen (secondary N) is 1. The van der Waals surface area contributed by atoms with E-state index < -0.39 is 0 Å². The SMILES string of the molecule is Cc1c(COc2cc(OCc3cncc(C#N)c3)c(CNCCO)cc2Cl)cccc1-c1cccc(-c2ccc3c(c2)CCC3N2CCCC2)c1C. The summed E-state index contributed by atoms with van der Waals surface area (Å²) in [7, 11) is 0. The summed E-state index contributed by atoms with van der Waals surface area (Å²) in [4.78, 5) is 6.83. The molecule has 1 aliphatic carbocycles. The van der Waals surface area contributed by atoms with Crippen molar-refractivity contribution in [3.63, 3.8) is 0 Å². The molecule has 0 saturated carbocycles. The van der Waals surface area contributed by atoms with Gasteiger partial charge in [0.1, 0.15) is 30.8 Å². The molecule has 7 nitrogen and oxygen atoms in total. The molecule has 0 spiro atoms. The fourth-order valence-corrected chi connectivity index (χ4v) is 8.01. The Kier molecular flexibility index (Phi) is 11.2. The summed E-state index contributed by atoms with van der Waals surface area (Å²) in [6.45, 7) is 8.32. The summed E-state index contributed by atoms with van der Waals surface area (Å²) in [6, 6.07) is 28.3. The van der Waals surface area contributed by atoms with Crippen molar-refractivity contribution in [3.05, 3.63) is 135 Å². The molecule has 2 aliphatic rings. The molecule has 1 aromatic heterocycles. The Balaban J connectivity index is 1.11. The third-order valence-corrected chi connectivity index (χ3v) is 10.9. The smallest absolute Gasteiger partial charge is 0.142 e. The second kappa shape index (κ2) is 16.3. The number of rotatable bonds is 13. The summed E-state index contributed by atoms with van der Waals surface area (Å²) in [6.07, 6.45) is 8.23. The van der Waals surface area contributed by atoms with Gasteiger partial charge in [-0.2, -0.15) is 5.26 Å². The number of aliphatic hydroxyl groups is 1. The number of benzene rings is 4. The van der Waals surface area contributed by atoms with Gasteiger partial charge in [0.2, 0.25) is 0 Å². The Morgan fingerprint density at radius 1 is 0.885 bits per heavy atom. The molecule has 7 rings (SSSR count). The van der Waals surface area contributed by atoms with E-state index in [-0.39, 0.29) is 13.2 Å². The van der Waals surface area contributed by atoms with Crippen molar-refractivity contribution in [1.29, 1.82) is 5.26 Å². The van der Waals surface area contributed by atoms with Crippen LogP contribution >= 0.6 is 11.6 Å². The number of halogens is 1. The van der Waals surface area contributed by atoms with Gasteiger partial charge in [-0.25, -0.2) is 0 Å². The molecule has 0 bridgehead atoms. The minimum absolute atomic E-state index is 0.0212. The molecule has 2 N–H and O–H groups in total. The summed E-state index contributed by atoms with van der Waals surface area (Å²) < 4.78 is 12.6. The summed E-state index contributed by atoms with van der Waals surface area (Å²) in [5, 5.41) is 22.2. The molecule has 266 valence electrons. The molecule has 2 heterocycles. The zero-order valence-electron chi connectivity index (χ0n) is 29.9. The number of aliphatic hydroxyl groups excluding tert-OH is 1. The molecule has 8 heteroatoms. The van der Waals surface area contributed by atoms with Gasteiger partial charge in [-0.05, 0) is 115 Å². The van der Waals surface area contributed by atoms with Crippen LogP contribution in [-0.2, 0) is 26.2 Å². The predicted molar refractivity (Wildman–Crippen MR) is 207 cm³/mol. The van der Waals surface area contributed by atoms with Crippen LogP contribution in [0.15, 0.2) is 85.2 Å². The van der Waals surface area contributed by atoms with E-state index in [0.717, 1.165) is 28.7 Å². The molecule has 1 fully saturated rings. The van der Waals surface area contributed by atoms with Gasteiger partial charge in [0.15, 0.2) is 0 Å². The van der Waals surface area contributed by atoms with Crippen LogP contribution in [0.4, 0.5) is 0 Å². The highest BCUT2D eigenvalue weighted by atomic mass is 35.5. The molecule has 52 heavy (non-hydrogen) atoms. The quantitative estimate of drug-likeness (QED) is 0.118. The Labute approximate surface area is 311 Å². The van der Waals surface area contributed by atoms with E-state index in [9.17, 15) is 10.4 Å². The first-order valence-corrected chi connectivity index (χ1v) is 18.6. The maximum absolute atomic E-state index is 9.28. The highest BCUT2D eigenvalue weighted by Crippen LogP contribution is 2.41. The van der Waals surface area contributed by atoms with Crippen molar-refractivity contribution < 1.29 is 14.6 Å². The van der Waals surface area contributed by atoms with Crippen molar-refractivity contribution in [1.82, 2.24) is 15.2 Å². The molecule has 1 saturated heterocycles. The third-order valence-electron chi connectivity index (χ3n) is 10.6. The average molecular weight is 713 g/mol. The molecule has 0 radical (unpaired) electrons. The second-order valence-electron chi connectivity index (χ2n) is 13.8. The van der Waals surface area contributed by atoms with E-state index in [0.29, 0.717) is 47.8 Å². The molecule has 1 atom stereocenters. The van der Waals surface area contributed by atoms with Crippen LogP contribution in [0.25, 0.3) is 22.3 Å². The van der Waals surface area contributed by atoms with Crippen LogP contribution < -0.4 is 14.8 Å². The van der Waals surface area contributed by atoms with E-state index in [2.05, 4.69) is 89.7 Å². The number of hydrogen-bond donors (Lipinski definition) is 2. The number of pyridine rings is 1. The highest BCUT2D eigenvalue weighted by Gasteiger charge is 2.29. The van der Waals surface area contributed by atoms with Gasteiger partial charge in [-0.15, -0.1) is 0 Å². The first kappa shape index (κ1) is 35.7. The van der Waals surface area contributed by atoms with Crippen LogP contribution in [0.1, 0.15) is 69.8 Å².